The van der Waals surface area contributed by atoms with Gasteiger partial charge in [-0.3, -0.25) is 4.90 Å². The molecular weight excluding hydrogens is 228 g/mol. The summed E-state index contributed by atoms with van der Waals surface area (Å²) >= 11 is 0. The lowest BCUT2D eigenvalue weighted by Gasteiger charge is -2.38. The maximum Gasteiger partial charge on any atom is 0.409 e. The van der Waals surface area contributed by atoms with E-state index in [9.17, 15) is 4.79 Å². The molecule has 0 N–H and O–H groups in total. The molecule has 2 heterocycles. The predicted octanol–water partition coefficient (Wildman–Crippen LogP) is 2.34. The average Bonchev–Trinajstić information content (AvgIpc) is 2.85. The van der Waals surface area contributed by atoms with Crippen LogP contribution < -0.4 is 0 Å². The Balaban J connectivity index is 1.95. The number of fused-ring (bicyclic) bond motifs is 1. The first-order valence-electron chi connectivity index (χ1n) is 7.08. The summed E-state index contributed by atoms with van der Waals surface area (Å²) < 4.78 is 5.37. The molecule has 0 spiro atoms. The molecule has 2 fully saturated rings. The summed E-state index contributed by atoms with van der Waals surface area (Å²) in [7, 11) is 3.45. The third kappa shape index (κ3) is 2.22. The molecule has 18 heavy (non-hydrogen) atoms. The molecule has 0 saturated carbocycles. The smallest absolute Gasteiger partial charge is 0.409 e. The summed E-state index contributed by atoms with van der Waals surface area (Å²) in [5.74, 6) is 0.689. The minimum atomic E-state index is -0.226. The zero-order valence-corrected chi connectivity index (χ0v) is 12.1. The van der Waals surface area contributed by atoms with Gasteiger partial charge in [-0.05, 0) is 38.1 Å². The van der Waals surface area contributed by atoms with Crippen LogP contribution in [0.5, 0.6) is 0 Å². The minimum Gasteiger partial charge on any atom is -0.448 e. The van der Waals surface area contributed by atoms with Gasteiger partial charge in [-0.2, -0.15) is 0 Å². The number of carbonyl (C=O) groups excluding carboxylic acids is 1. The van der Waals surface area contributed by atoms with Gasteiger partial charge >= 0.3 is 6.09 Å². The number of amides is 1. The second kappa shape index (κ2) is 5.08. The molecular formula is C14H26N2O2. The summed E-state index contributed by atoms with van der Waals surface area (Å²) in [6, 6.07) is 0.429. The van der Waals surface area contributed by atoms with Crippen LogP contribution in [0.15, 0.2) is 0 Å². The fraction of sp³-hybridized carbons (Fsp3) is 0.929. The van der Waals surface area contributed by atoms with E-state index < -0.39 is 0 Å². The Morgan fingerprint density at radius 3 is 2.78 bits per heavy atom. The van der Waals surface area contributed by atoms with Gasteiger partial charge in [0.15, 0.2) is 0 Å². The van der Waals surface area contributed by atoms with Gasteiger partial charge in [-0.1, -0.05) is 13.8 Å². The van der Waals surface area contributed by atoms with Crippen molar-refractivity contribution in [3.8, 4) is 0 Å². The van der Waals surface area contributed by atoms with E-state index in [4.69, 9.17) is 4.74 Å². The first-order valence-corrected chi connectivity index (χ1v) is 7.08. The number of ether oxygens (including phenoxy) is 1. The predicted molar refractivity (Wildman–Crippen MR) is 71.6 cm³/mol. The molecule has 104 valence electrons. The third-order valence-electron chi connectivity index (χ3n) is 4.77. The van der Waals surface area contributed by atoms with Crippen LogP contribution in [0.3, 0.4) is 0 Å². The van der Waals surface area contributed by atoms with Crippen molar-refractivity contribution in [3.05, 3.63) is 0 Å². The molecule has 2 aliphatic rings. The second-order valence-corrected chi connectivity index (χ2v) is 6.22. The SMILES string of the molecule is CC(C)[C@@]12CCCN1[C@H](COC(=O)N(C)C)CC2. The number of nitrogens with zero attached hydrogens (tertiary/aromatic N) is 2. The quantitative estimate of drug-likeness (QED) is 0.775. The van der Waals surface area contributed by atoms with E-state index in [1.807, 2.05) is 0 Å². The largest absolute Gasteiger partial charge is 0.448 e. The first kappa shape index (κ1) is 13.7. The van der Waals surface area contributed by atoms with E-state index in [0.717, 1.165) is 0 Å². The average molecular weight is 254 g/mol. The maximum absolute atomic E-state index is 11.5. The lowest BCUT2D eigenvalue weighted by Crippen LogP contribution is -2.47. The molecule has 4 heteroatoms. The van der Waals surface area contributed by atoms with Crippen LogP contribution in [0.1, 0.15) is 39.5 Å². The van der Waals surface area contributed by atoms with Gasteiger partial charge in [0.1, 0.15) is 6.61 Å². The summed E-state index contributed by atoms with van der Waals surface area (Å²) in [6.07, 6.45) is 4.79. The Morgan fingerprint density at radius 1 is 1.44 bits per heavy atom. The Morgan fingerprint density at radius 2 is 2.17 bits per heavy atom. The van der Waals surface area contributed by atoms with Gasteiger partial charge in [0.25, 0.3) is 0 Å². The first-order chi connectivity index (χ1) is 8.47. The molecule has 4 nitrogen and oxygen atoms in total. The Labute approximate surface area is 110 Å². The van der Waals surface area contributed by atoms with Crippen LogP contribution in [-0.2, 0) is 4.74 Å². The van der Waals surface area contributed by atoms with Crippen LogP contribution in [0.2, 0.25) is 0 Å². The highest BCUT2D eigenvalue weighted by molar-refractivity contribution is 5.66. The zero-order valence-electron chi connectivity index (χ0n) is 12.1. The van der Waals surface area contributed by atoms with Gasteiger partial charge in [0, 0.05) is 25.7 Å². The van der Waals surface area contributed by atoms with Crippen molar-refractivity contribution in [3.63, 3.8) is 0 Å². The molecule has 0 aromatic heterocycles. The maximum atomic E-state index is 11.5. The van der Waals surface area contributed by atoms with E-state index in [1.165, 1.54) is 37.1 Å². The lowest BCUT2D eigenvalue weighted by molar-refractivity contribution is 0.0535. The summed E-state index contributed by atoms with van der Waals surface area (Å²) in [4.78, 5) is 15.6. The van der Waals surface area contributed by atoms with Crippen LogP contribution in [0.4, 0.5) is 4.79 Å². The molecule has 0 radical (unpaired) electrons. The molecule has 0 unspecified atom stereocenters. The highest BCUT2D eigenvalue weighted by Gasteiger charge is 2.50. The Bertz CT molecular complexity index is 317. The van der Waals surface area contributed by atoms with Gasteiger partial charge < -0.3 is 9.64 Å². The van der Waals surface area contributed by atoms with Crippen molar-refractivity contribution in [2.45, 2.75) is 51.1 Å². The number of hydrogen-bond acceptors (Lipinski definition) is 3. The topological polar surface area (TPSA) is 32.8 Å². The van der Waals surface area contributed by atoms with Crippen molar-refractivity contribution in [2.75, 3.05) is 27.2 Å². The minimum absolute atomic E-state index is 0.226. The fourth-order valence-electron chi connectivity index (χ4n) is 3.69. The normalized spacial score (nSPS) is 31.7. The van der Waals surface area contributed by atoms with Crippen LogP contribution in [-0.4, -0.2) is 54.7 Å². The Kier molecular flexibility index (Phi) is 3.85. The van der Waals surface area contributed by atoms with Gasteiger partial charge in [-0.25, -0.2) is 4.79 Å². The Hall–Kier alpha value is -0.770. The molecule has 0 bridgehead atoms. The number of carbonyl (C=O) groups is 1. The van der Waals surface area contributed by atoms with Crippen LogP contribution in [0, 0.1) is 5.92 Å². The molecule has 1 amide bonds. The number of rotatable bonds is 3. The van der Waals surface area contributed by atoms with Crippen LogP contribution >= 0.6 is 0 Å². The van der Waals surface area contributed by atoms with E-state index in [0.29, 0.717) is 24.1 Å². The van der Waals surface area contributed by atoms with Crippen molar-refractivity contribution in [2.24, 2.45) is 5.92 Å². The van der Waals surface area contributed by atoms with E-state index in [2.05, 4.69) is 18.7 Å². The fourth-order valence-corrected chi connectivity index (χ4v) is 3.69. The molecule has 2 saturated heterocycles. The van der Waals surface area contributed by atoms with Crippen molar-refractivity contribution >= 4 is 6.09 Å². The summed E-state index contributed by atoms with van der Waals surface area (Å²) in [5, 5.41) is 0. The third-order valence-corrected chi connectivity index (χ3v) is 4.77. The highest BCUT2D eigenvalue weighted by atomic mass is 16.6. The lowest BCUT2D eigenvalue weighted by atomic mass is 9.83. The molecule has 2 rings (SSSR count). The van der Waals surface area contributed by atoms with E-state index in [-0.39, 0.29) is 6.09 Å². The molecule has 2 atom stereocenters. The highest BCUT2D eigenvalue weighted by Crippen LogP contribution is 2.46. The van der Waals surface area contributed by atoms with Gasteiger partial charge in [0.05, 0.1) is 0 Å². The molecule has 2 aliphatic heterocycles. The molecule has 0 aromatic rings. The van der Waals surface area contributed by atoms with Crippen molar-refractivity contribution in [1.82, 2.24) is 9.80 Å². The van der Waals surface area contributed by atoms with E-state index >= 15 is 0 Å². The summed E-state index contributed by atoms with van der Waals surface area (Å²) in [6.45, 7) is 6.37. The summed E-state index contributed by atoms with van der Waals surface area (Å²) in [5.41, 5.74) is 0.384. The zero-order chi connectivity index (χ0) is 13.3. The van der Waals surface area contributed by atoms with Crippen molar-refractivity contribution in [1.29, 1.82) is 0 Å². The van der Waals surface area contributed by atoms with Crippen LogP contribution in [0.25, 0.3) is 0 Å². The van der Waals surface area contributed by atoms with Gasteiger partial charge in [-0.15, -0.1) is 0 Å². The van der Waals surface area contributed by atoms with Crippen molar-refractivity contribution < 1.29 is 9.53 Å². The van der Waals surface area contributed by atoms with Gasteiger partial charge in [0.2, 0.25) is 0 Å². The monoisotopic (exact) mass is 254 g/mol. The number of hydrogen-bond donors (Lipinski definition) is 0. The van der Waals surface area contributed by atoms with E-state index in [1.54, 1.807) is 14.1 Å². The standard InChI is InChI=1S/C14H26N2O2/c1-11(2)14-7-5-9-16(14)12(6-8-14)10-18-13(17)15(3)4/h11-12H,5-10H2,1-4H3/t12-,14-/m0/s1. The second-order valence-electron chi connectivity index (χ2n) is 6.22. The molecule has 0 aliphatic carbocycles. The molecule has 0 aromatic carbocycles.